The molecule has 0 spiro atoms. The third-order valence-corrected chi connectivity index (χ3v) is 1.69. The van der Waals surface area contributed by atoms with Crippen LogP contribution >= 0.6 is 0 Å². The smallest absolute Gasteiger partial charge is 0.436 e. The van der Waals surface area contributed by atoms with Crippen molar-refractivity contribution in [1.29, 1.82) is 0 Å². The molecular weight excluding hydrogens is 196 g/mol. The van der Waals surface area contributed by atoms with Gasteiger partial charge >= 0.3 is 51.4 Å². The van der Waals surface area contributed by atoms with E-state index in [2.05, 4.69) is 11.2 Å². The molecule has 0 saturated carbocycles. The zero-order valence-electron chi connectivity index (χ0n) is 7.10. The zero-order chi connectivity index (χ0) is 8.55. The summed E-state index contributed by atoms with van der Waals surface area (Å²) in [6.45, 7) is 0. The van der Waals surface area contributed by atoms with Crippen molar-refractivity contribution in [2.24, 2.45) is 0 Å². The Bertz CT molecular complexity index is 475. The molecule has 0 radical (unpaired) electrons. The fraction of sp³-hybridized carbons (Fsp3) is 0. The summed E-state index contributed by atoms with van der Waals surface area (Å²) in [5, 5.41) is 0.662. The molecule has 1 heterocycles. The minimum atomic E-state index is -0.497. The topological polar surface area (TPSA) is 32.9 Å². The van der Waals surface area contributed by atoms with Gasteiger partial charge in [0.2, 0.25) is 0 Å². The van der Waals surface area contributed by atoms with Gasteiger partial charge in [0.1, 0.15) is 11.4 Å². The van der Waals surface area contributed by atoms with Gasteiger partial charge in [-0.25, -0.2) is 4.39 Å². The van der Waals surface area contributed by atoms with E-state index < -0.39 is 11.4 Å². The van der Waals surface area contributed by atoms with Crippen molar-refractivity contribution in [2.75, 3.05) is 0 Å². The van der Waals surface area contributed by atoms with Crippen molar-refractivity contribution in [3.8, 4) is 0 Å². The van der Waals surface area contributed by atoms with Gasteiger partial charge in [0.25, 0.3) is 0 Å². The van der Waals surface area contributed by atoms with Crippen LogP contribution in [-0.2, 0) is 0 Å². The van der Waals surface area contributed by atoms with Crippen LogP contribution < -0.4 is 56.9 Å². The molecule has 0 amide bonds. The van der Waals surface area contributed by atoms with Crippen LogP contribution in [0.15, 0.2) is 29.1 Å². The molecular formula is C9H5FKNO. The summed E-state index contributed by atoms with van der Waals surface area (Å²) in [6, 6.07) is 6.03. The minimum absolute atomic E-state index is 0. The number of nitrogens with one attached hydrogen (secondary N) is 1. The van der Waals surface area contributed by atoms with E-state index in [-0.39, 0.29) is 56.8 Å². The minimum Gasteiger partial charge on any atom is -0.436 e. The largest absolute Gasteiger partial charge is 1.00 e. The van der Waals surface area contributed by atoms with Gasteiger partial charge in [-0.15, -0.1) is 17.6 Å². The molecule has 0 saturated heterocycles. The Morgan fingerprint density at radius 1 is 1.38 bits per heavy atom. The number of hydrogen-bond donors (Lipinski definition) is 1. The molecule has 1 N–H and O–H groups in total. The van der Waals surface area contributed by atoms with Crippen LogP contribution in [0.4, 0.5) is 4.39 Å². The standard InChI is InChI=1S/C9H5FNO.K/c10-7-3-1-2-6-4-5-11-9(12)8(6)7;/h1-4H,(H,11,12);/q-1;+1. The van der Waals surface area contributed by atoms with Crippen molar-refractivity contribution in [1.82, 2.24) is 4.98 Å². The maximum atomic E-state index is 13.0. The Morgan fingerprint density at radius 3 is 2.85 bits per heavy atom. The molecule has 2 aromatic rings. The quantitative estimate of drug-likeness (QED) is 0.407. The van der Waals surface area contributed by atoms with Crippen LogP contribution in [0.25, 0.3) is 10.8 Å². The predicted molar refractivity (Wildman–Crippen MR) is 43.4 cm³/mol. The van der Waals surface area contributed by atoms with Gasteiger partial charge in [0.15, 0.2) is 0 Å². The van der Waals surface area contributed by atoms with Gasteiger partial charge in [-0.3, -0.25) is 0 Å². The molecule has 2 rings (SSSR count). The van der Waals surface area contributed by atoms with Crippen LogP contribution in [-0.4, -0.2) is 4.98 Å². The number of aromatic amines is 1. The molecule has 0 fully saturated rings. The average molecular weight is 201 g/mol. The number of fused-ring (bicyclic) bond motifs is 1. The van der Waals surface area contributed by atoms with Gasteiger partial charge < -0.3 is 9.78 Å². The number of benzene rings is 1. The average Bonchev–Trinajstić information content (AvgIpc) is 2.04. The van der Waals surface area contributed by atoms with E-state index in [9.17, 15) is 9.18 Å². The van der Waals surface area contributed by atoms with Crippen molar-refractivity contribution in [3.05, 3.63) is 46.6 Å². The van der Waals surface area contributed by atoms with E-state index in [1.165, 1.54) is 6.07 Å². The van der Waals surface area contributed by atoms with Gasteiger partial charge in [-0.05, 0) is 11.5 Å². The van der Waals surface area contributed by atoms with E-state index in [4.69, 9.17) is 0 Å². The Balaban J connectivity index is 0.000000845. The van der Waals surface area contributed by atoms with Crippen molar-refractivity contribution >= 4 is 10.8 Å². The first kappa shape index (κ1) is 11.1. The second-order valence-corrected chi connectivity index (χ2v) is 2.45. The van der Waals surface area contributed by atoms with Crippen molar-refractivity contribution in [3.63, 3.8) is 0 Å². The fourth-order valence-electron chi connectivity index (χ4n) is 1.14. The number of pyridine rings is 1. The molecule has 1 aromatic heterocycles. The maximum absolute atomic E-state index is 13.0. The summed E-state index contributed by atoms with van der Waals surface area (Å²) in [6.07, 6.45) is 2.53. The number of H-pyrrole nitrogens is 1. The summed E-state index contributed by atoms with van der Waals surface area (Å²) in [7, 11) is 0. The number of hydrogen-bond acceptors (Lipinski definition) is 1. The van der Waals surface area contributed by atoms with Gasteiger partial charge in [0.05, 0.1) is 0 Å². The fourth-order valence-corrected chi connectivity index (χ4v) is 1.14. The molecule has 0 aliphatic rings. The Kier molecular flexibility index (Phi) is 3.82. The first-order valence-corrected chi connectivity index (χ1v) is 3.46. The predicted octanol–water partition coefficient (Wildman–Crippen LogP) is -1.53. The SMILES string of the molecule is O=c1[nH][c-]cc2cccc(F)c12.[K+]. The molecule has 2 nitrogen and oxygen atoms in total. The maximum Gasteiger partial charge on any atom is 1.00 e. The van der Waals surface area contributed by atoms with Crippen molar-refractivity contribution < 1.29 is 55.8 Å². The number of rotatable bonds is 0. The van der Waals surface area contributed by atoms with Gasteiger partial charge in [-0.1, -0.05) is 6.07 Å². The van der Waals surface area contributed by atoms with Gasteiger partial charge in [-0.2, -0.15) is 6.07 Å². The summed E-state index contributed by atoms with van der Waals surface area (Å²) in [4.78, 5) is 13.4. The third kappa shape index (κ3) is 2.08. The van der Waals surface area contributed by atoms with Crippen LogP contribution in [0.2, 0.25) is 0 Å². The Labute approximate surface area is 117 Å². The van der Waals surface area contributed by atoms with Gasteiger partial charge in [0, 0.05) is 0 Å². The van der Waals surface area contributed by atoms with Crippen LogP contribution in [0.5, 0.6) is 0 Å². The molecule has 0 aliphatic heterocycles. The second-order valence-electron chi connectivity index (χ2n) is 2.45. The van der Waals surface area contributed by atoms with E-state index >= 15 is 0 Å². The molecule has 1 aromatic carbocycles. The molecule has 0 atom stereocenters. The summed E-state index contributed by atoms with van der Waals surface area (Å²) >= 11 is 0. The van der Waals surface area contributed by atoms with Crippen LogP contribution in [0.1, 0.15) is 0 Å². The third-order valence-electron chi connectivity index (χ3n) is 1.69. The monoisotopic (exact) mass is 201 g/mol. The van der Waals surface area contributed by atoms with E-state index in [0.717, 1.165) is 0 Å². The second kappa shape index (κ2) is 4.48. The molecule has 0 unspecified atom stereocenters. The number of halogens is 1. The van der Waals surface area contributed by atoms with E-state index in [0.29, 0.717) is 5.39 Å². The summed E-state index contributed by atoms with van der Waals surface area (Å²) in [5.74, 6) is -0.497. The zero-order valence-corrected chi connectivity index (χ0v) is 10.2. The Hall–Kier alpha value is -0.00364. The first-order valence-electron chi connectivity index (χ1n) is 3.46. The molecule has 0 bridgehead atoms. The summed E-state index contributed by atoms with van der Waals surface area (Å²) in [5.41, 5.74) is -0.439. The van der Waals surface area contributed by atoms with Crippen LogP contribution in [0, 0.1) is 12.0 Å². The van der Waals surface area contributed by atoms with Crippen LogP contribution in [0.3, 0.4) is 0 Å². The van der Waals surface area contributed by atoms with E-state index in [1.54, 1.807) is 18.2 Å². The molecule has 4 heteroatoms. The molecule has 13 heavy (non-hydrogen) atoms. The van der Waals surface area contributed by atoms with E-state index in [1.807, 2.05) is 0 Å². The Morgan fingerprint density at radius 2 is 2.15 bits per heavy atom. The first-order chi connectivity index (χ1) is 5.79. The summed E-state index contributed by atoms with van der Waals surface area (Å²) < 4.78 is 13.0. The number of aromatic nitrogens is 1. The molecule has 0 aliphatic carbocycles. The van der Waals surface area contributed by atoms with Crippen molar-refractivity contribution in [2.45, 2.75) is 0 Å². The normalized spacial score (nSPS) is 9.62. The molecule has 60 valence electrons.